The smallest absolute Gasteiger partial charge is 0.151 e. The SMILES string of the molecule is Cc1c(N)ccc(N2CCC(C)CC2)c1F. The minimum absolute atomic E-state index is 0.158. The van der Waals surface area contributed by atoms with Gasteiger partial charge in [0.15, 0.2) is 5.82 Å². The molecule has 0 radical (unpaired) electrons. The van der Waals surface area contributed by atoms with Gasteiger partial charge in [0.1, 0.15) is 0 Å². The Hall–Kier alpha value is -1.25. The highest BCUT2D eigenvalue weighted by Crippen LogP contribution is 2.29. The molecule has 0 spiro atoms. The van der Waals surface area contributed by atoms with Crippen molar-refractivity contribution in [3.8, 4) is 0 Å². The minimum atomic E-state index is -0.158. The Morgan fingerprint density at radius 3 is 2.56 bits per heavy atom. The first-order valence-electron chi connectivity index (χ1n) is 5.89. The van der Waals surface area contributed by atoms with Crippen LogP contribution in [0.3, 0.4) is 0 Å². The molecule has 0 bridgehead atoms. The lowest BCUT2D eigenvalue weighted by Gasteiger charge is -2.32. The van der Waals surface area contributed by atoms with E-state index in [1.807, 2.05) is 0 Å². The number of nitrogen functional groups attached to an aromatic ring is 1. The van der Waals surface area contributed by atoms with E-state index in [-0.39, 0.29) is 5.82 Å². The highest BCUT2D eigenvalue weighted by molar-refractivity contribution is 5.59. The lowest BCUT2D eigenvalue weighted by atomic mass is 9.98. The van der Waals surface area contributed by atoms with E-state index in [9.17, 15) is 4.39 Å². The normalized spacial score (nSPS) is 17.8. The second-order valence-corrected chi connectivity index (χ2v) is 4.78. The molecule has 0 aromatic heterocycles. The molecule has 1 aromatic rings. The third-order valence-corrected chi connectivity index (χ3v) is 3.53. The highest BCUT2D eigenvalue weighted by Gasteiger charge is 2.19. The quantitative estimate of drug-likeness (QED) is 0.740. The summed E-state index contributed by atoms with van der Waals surface area (Å²) in [6.45, 7) is 5.88. The second kappa shape index (κ2) is 4.32. The number of halogens is 1. The number of benzene rings is 1. The summed E-state index contributed by atoms with van der Waals surface area (Å²) in [4.78, 5) is 2.13. The summed E-state index contributed by atoms with van der Waals surface area (Å²) in [5, 5.41) is 0. The Labute approximate surface area is 96.2 Å². The average Bonchev–Trinajstić information content (AvgIpc) is 2.28. The number of nitrogens with two attached hydrogens (primary N) is 1. The van der Waals surface area contributed by atoms with Crippen LogP contribution >= 0.6 is 0 Å². The van der Waals surface area contributed by atoms with E-state index >= 15 is 0 Å². The van der Waals surface area contributed by atoms with Gasteiger partial charge in [-0.05, 0) is 37.8 Å². The van der Waals surface area contributed by atoms with Gasteiger partial charge in [-0.15, -0.1) is 0 Å². The van der Waals surface area contributed by atoms with Crippen LogP contribution in [0.1, 0.15) is 25.3 Å². The lowest BCUT2D eigenvalue weighted by molar-refractivity contribution is 0.434. The molecule has 0 atom stereocenters. The van der Waals surface area contributed by atoms with Gasteiger partial charge in [0.05, 0.1) is 5.69 Å². The van der Waals surface area contributed by atoms with Crippen LogP contribution in [-0.2, 0) is 0 Å². The summed E-state index contributed by atoms with van der Waals surface area (Å²) in [5.41, 5.74) is 7.49. The molecular weight excluding hydrogens is 203 g/mol. The van der Waals surface area contributed by atoms with Gasteiger partial charge in [-0.25, -0.2) is 4.39 Å². The molecule has 0 amide bonds. The standard InChI is InChI=1S/C13H19FN2/c1-9-5-7-16(8-6-9)12-4-3-11(15)10(2)13(12)14/h3-4,9H,5-8,15H2,1-2H3. The molecule has 1 aromatic carbocycles. The van der Waals surface area contributed by atoms with Crippen molar-refractivity contribution in [3.63, 3.8) is 0 Å². The van der Waals surface area contributed by atoms with Gasteiger partial charge < -0.3 is 10.6 Å². The number of piperidine rings is 1. The molecule has 3 heteroatoms. The van der Waals surface area contributed by atoms with E-state index in [0.717, 1.165) is 31.8 Å². The molecule has 88 valence electrons. The first kappa shape index (κ1) is 11.2. The third kappa shape index (κ3) is 1.99. The maximum atomic E-state index is 14.0. The molecular formula is C13H19FN2. The Morgan fingerprint density at radius 2 is 1.94 bits per heavy atom. The summed E-state index contributed by atoms with van der Waals surface area (Å²) >= 11 is 0. The maximum Gasteiger partial charge on any atom is 0.151 e. The van der Waals surface area contributed by atoms with Crippen LogP contribution in [0.25, 0.3) is 0 Å². The largest absolute Gasteiger partial charge is 0.398 e. The summed E-state index contributed by atoms with van der Waals surface area (Å²) in [6.07, 6.45) is 2.28. The number of hydrogen-bond acceptors (Lipinski definition) is 2. The van der Waals surface area contributed by atoms with Gasteiger partial charge in [-0.3, -0.25) is 0 Å². The van der Waals surface area contributed by atoms with E-state index in [1.165, 1.54) is 0 Å². The van der Waals surface area contributed by atoms with Crippen molar-refractivity contribution in [2.24, 2.45) is 5.92 Å². The third-order valence-electron chi connectivity index (χ3n) is 3.53. The first-order chi connectivity index (χ1) is 7.59. The van der Waals surface area contributed by atoms with Crippen molar-refractivity contribution in [3.05, 3.63) is 23.5 Å². The Balaban J connectivity index is 2.24. The molecule has 1 heterocycles. The van der Waals surface area contributed by atoms with Crippen molar-refractivity contribution in [1.82, 2.24) is 0 Å². The number of rotatable bonds is 1. The van der Waals surface area contributed by atoms with Crippen LogP contribution in [0.4, 0.5) is 15.8 Å². The summed E-state index contributed by atoms with van der Waals surface area (Å²) in [7, 11) is 0. The molecule has 1 saturated heterocycles. The molecule has 1 fully saturated rings. The molecule has 16 heavy (non-hydrogen) atoms. The zero-order valence-electron chi connectivity index (χ0n) is 9.96. The predicted octanol–water partition coefficient (Wildman–Crippen LogP) is 2.95. The van der Waals surface area contributed by atoms with Crippen molar-refractivity contribution in [2.75, 3.05) is 23.7 Å². The first-order valence-corrected chi connectivity index (χ1v) is 5.89. The Kier molecular flexibility index (Phi) is 3.03. The number of anilines is 2. The van der Waals surface area contributed by atoms with Crippen LogP contribution < -0.4 is 10.6 Å². The van der Waals surface area contributed by atoms with Crippen molar-refractivity contribution in [2.45, 2.75) is 26.7 Å². The molecule has 0 aliphatic carbocycles. The van der Waals surface area contributed by atoms with E-state index in [1.54, 1.807) is 19.1 Å². The van der Waals surface area contributed by atoms with Gasteiger partial charge >= 0.3 is 0 Å². The van der Waals surface area contributed by atoms with Gasteiger partial charge in [-0.2, -0.15) is 0 Å². The van der Waals surface area contributed by atoms with Crippen molar-refractivity contribution >= 4 is 11.4 Å². The molecule has 0 saturated carbocycles. The van der Waals surface area contributed by atoms with Crippen LogP contribution in [-0.4, -0.2) is 13.1 Å². The summed E-state index contributed by atoms with van der Waals surface area (Å²) in [5.74, 6) is 0.601. The predicted molar refractivity (Wildman–Crippen MR) is 66.2 cm³/mol. The van der Waals surface area contributed by atoms with E-state index in [2.05, 4.69) is 11.8 Å². The van der Waals surface area contributed by atoms with E-state index < -0.39 is 0 Å². The molecule has 1 aliphatic rings. The average molecular weight is 222 g/mol. The van der Waals surface area contributed by atoms with Crippen LogP contribution in [0.2, 0.25) is 0 Å². The highest BCUT2D eigenvalue weighted by atomic mass is 19.1. The number of nitrogens with zero attached hydrogens (tertiary/aromatic N) is 1. The van der Waals surface area contributed by atoms with Crippen LogP contribution in [0.5, 0.6) is 0 Å². The van der Waals surface area contributed by atoms with Gasteiger partial charge in [0.2, 0.25) is 0 Å². The van der Waals surface area contributed by atoms with Crippen molar-refractivity contribution < 1.29 is 4.39 Å². The van der Waals surface area contributed by atoms with Gasteiger partial charge in [0, 0.05) is 24.3 Å². The van der Waals surface area contributed by atoms with Crippen molar-refractivity contribution in [1.29, 1.82) is 0 Å². The molecule has 0 unspecified atom stereocenters. The van der Waals surface area contributed by atoms with Gasteiger partial charge in [-0.1, -0.05) is 6.92 Å². The Morgan fingerprint density at radius 1 is 1.31 bits per heavy atom. The summed E-state index contributed by atoms with van der Waals surface area (Å²) < 4.78 is 14.0. The zero-order chi connectivity index (χ0) is 11.7. The monoisotopic (exact) mass is 222 g/mol. The second-order valence-electron chi connectivity index (χ2n) is 4.78. The summed E-state index contributed by atoms with van der Waals surface area (Å²) in [6, 6.07) is 3.60. The fraction of sp³-hybridized carbons (Fsp3) is 0.538. The molecule has 2 rings (SSSR count). The fourth-order valence-electron chi connectivity index (χ4n) is 2.18. The number of hydrogen-bond donors (Lipinski definition) is 1. The fourth-order valence-corrected chi connectivity index (χ4v) is 2.18. The Bertz CT molecular complexity index is 382. The maximum absolute atomic E-state index is 14.0. The molecule has 1 aliphatic heterocycles. The van der Waals surface area contributed by atoms with E-state index in [4.69, 9.17) is 5.73 Å². The lowest BCUT2D eigenvalue weighted by Crippen LogP contribution is -2.33. The molecule has 2 N–H and O–H groups in total. The minimum Gasteiger partial charge on any atom is -0.398 e. The van der Waals surface area contributed by atoms with Crippen LogP contribution in [0, 0.1) is 18.7 Å². The van der Waals surface area contributed by atoms with Crippen LogP contribution in [0.15, 0.2) is 12.1 Å². The van der Waals surface area contributed by atoms with E-state index in [0.29, 0.717) is 16.9 Å². The topological polar surface area (TPSA) is 29.3 Å². The molecule has 2 nitrogen and oxygen atoms in total. The zero-order valence-corrected chi connectivity index (χ0v) is 9.96. The van der Waals surface area contributed by atoms with Gasteiger partial charge in [0.25, 0.3) is 0 Å².